The third-order valence-electron chi connectivity index (χ3n) is 5.84. The number of rotatable bonds is 4. The van der Waals surface area contributed by atoms with Gasteiger partial charge in [-0.15, -0.1) is 0 Å². The van der Waals surface area contributed by atoms with E-state index in [0.29, 0.717) is 19.3 Å². The summed E-state index contributed by atoms with van der Waals surface area (Å²) in [7, 11) is 2.28. The first-order valence-electron chi connectivity index (χ1n) is 8.61. The molecular formula is C18H22O8. The lowest BCUT2D eigenvalue weighted by Gasteiger charge is -2.45. The highest BCUT2D eigenvalue weighted by atomic mass is 16.6. The number of hydrogen-bond donors (Lipinski definition) is 0. The molecule has 0 aromatic rings. The van der Waals surface area contributed by atoms with Crippen LogP contribution in [-0.4, -0.2) is 55.7 Å². The van der Waals surface area contributed by atoms with Gasteiger partial charge in [0.05, 0.1) is 31.8 Å². The van der Waals surface area contributed by atoms with Crippen LogP contribution in [0.5, 0.6) is 0 Å². The van der Waals surface area contributed by atoms with Gasteiger partial charge in [-0.1, -0.05) is 12.8 Å². The van der Waals surface area contributed by atoms with Crippen molar-refractivity contribution < 1.29 is 38.1 Å². The summed E-state index contributed by atoms with van der Waals surface area (Å²) in [5.41, 5.74) is -5.31. The van der Waals surface area contributed by atoms with E-state index in [1.807, 2.05) is 0 Å². The molecule has 1 saturated carbocycles. The van der Waals surface area contributed by atoms with Gasteiger partial charge in [0, 0.05) is 0 Å². The fourth-order valence-electron chi connectivity index (χ4n) is 4.67. The average Bonchev–Trinajstić information content (AvgIpc) is 3.05. The summed E-state index contributed by atoms with van der Waals surface area (Å²) >= 11 is 0. The Morgan fingerprint density at radius 3 is 2.19 bits per heavy atom. The summed E-state index contributed by atoms with van der Waals surface area (Å²) < 4.78 is 20.8. The smallest absolute Gasteiger partial charge is 0.351 e. The maximum atomic E-state index is 13.4. The molecule has 8 nitrogen and oxygen atoms in total. The number of esters is 3. The first-order chi connectivity index (χ1) is 12.3. The predicted octanol–water partition coefficient (Wildman–Crippen LogP) is 0.863. The van der Waals surface area contributed by atoms with Crippen LogP contribution in [0.15, 0.2) is 11.1 Å². The van der Waals surface area contributed by atoms with Gasteiger partial charge in [-0.2, -0.15) is 0 Å². The van der Waals surface area contributed by atoms with Crippen LogP contribution in [0.3, 0.4) is 0 Å². The Bertz CT molecular complexity index is 737. The second-order valence-corrected chi connectivity index (χ2v) is 6.93. The molecule has 3 rings (SSSR count). The molecule has 0 N–H and O–H groups in total. The van der Waals surface area contributed by atoms with E-state index in [1.54, 1.807) is 13.8 Å². The van der Waals surface area contributed by atoms with Crippen LogP contribution in [-0.2, 0) is 38.1 Å². The van der Waals surface area contributed by atoms with Crippen molar-refractivity contribution in [2.45, 2.75) is 50.7 Å². The molecule has 0 radical (unpaired) electrons. The van der Waals surface area contributed by atoms with Crippen molar-refractivity contribution in [2.75, 3.05) is 20.8 Å². The first kappa shape index (κ1) is 18.6. The van der Waals surface area contributed by atoms with E-state index in [4.69, 9.17) is 18.9 Å². The van der Waals surface area contributed by atoms with Gasteiger partial charge in [0.15, 0.2) is 5.78 Å². The Morgan fingerprint density at radius 1 is 1.04 bits per heavy atom. The van der Waals surface area contributed by atoms with E-state index in [-0.39, 0.29) is 12.2 Å². The number of fused-ring (bicyclic) bond motifs is 1. The minimum absolute atomic E-state index is 0.0110. The van der Waals surface area contributed by atoms with Crippen LogP contribution >= 0.6 is 0 Å². The van der Waals surface area contributed by atoms with Gasteiger partial charge in [0.25, 0.3) is 5.60 Å². The van der Waals surface area contributed by atoms with Crippen LogP contribution in [0, 0.1) is 5.41 Å². The van der Waals surface area contributed by atoms with Crippen LogP contribution in [0.25, 0.3) is 0 Å². The normalized spacial score (nSPS) is 35.2. The van der Waals surface area contributed by atoms with E-state index in [2.05, 4.69) is 0 Å². The highest BCUT2D eigenvalue weighted by molar-refractivity contribution is 6.26. The van der Waals surface area contributed by atoms with Crippen molar-refractivity contribution in [2.24, 2.45) is 5.41 Å². The molecule has 26 heavy (non-hydrogen) atoms. The topological polar surface area (TPSA) is 105 Å². The molecule has 2 fully saturated rings. The van der Waals surface area contributed by atoms with Crippen molar-refractivity contribution in [1.29, 1.82) is 0 Å². The molecule has 0 amide bonds. The van der Waals surface area contributed by atoms with Gasteiger partial charge in [0.2, 0.25) is 0 Å². The van der Waals surface area contributed by atoms with E-state index in [1.165, 1.54) is 7.11 Å². The minimum atomic E-state index is -2.29. The summed E-state index contributed by atoms with van der Waals surface area (Å²) in [6.07, 6.45) is 2.17. The molecule has 0 unspecified atom stereocenters. The summed E-state index contributed by atoms with van der Waals surface area (Å²) in [5.74, 6) is -3.34. The minimum Gasteiger partial charge on any atom is -0.466 e. The number of Topliss-reactive ketones (excluding diaryl/α,β-unsaturated/α-hetero) is 1. The quantitative estimate of drug-likeness (QED) is 0.410. The Hall–Kier alpha value is -2.22. The average molecular weight is 366 g/mol. The van der Waals surface area contributed by atoms with E-state index in [0.717, 1.165) is 13.5 Å². The Balaban J connectivity index is 2.37. The van der Waals surface area contributed by atoms with Gasteiger partial charge >= 0.3 is 17.9 Å². The molecule has 1 aliphatic carbocycles. The molecule has 2 heterocycles. The van der Waals surface area contributed by atoms with Crippen LogP contribution in [0.2, 0.25) is 0 Å². The van der Waals surface area contributed by atoms with E-state index < -0.39 is 45.9 Å². The Labute approximate surface area is 150 Å². The third-order valence-corrected chi connectivity index (χ3v) is 5.84. The molecule has 1 spiro atoms. The second-order valence-electron chi connectivity index (χ2n) is 6.93. The zero-order valence-corrected chi connectivity index (χ0v) is 15.3. The molecule has 142 valence electrons. The SMILES string of the molecule is CCOC(=O)[C@]12O[C@@]3(CCCC[C@]3(C)C1=O)C(C(=O)OC)=C2C(=O)OC. The lowest BCUT2D eigenvalue weighted by atomic mass is 9.55. The van der Waals surface area contributed by atoms with Crippen LogP contribution in [0.4, 0.5) is 0 Å². The van der Waals surface area contributed by atoms with Crippen molar-refractivity contribution in [3.63, 3.8) is 0 Å². The van der Waals surface area contributed by atoms with Gasteiger partial charge in [-0.3, -0.25) is 4.79 Å². The number of ketones is 1. The van der Waals surface area contributed by atoms with Crippen molar-refractivity contribution in [3.05, 3.63) is 11.1 Å². The fourth-order valence-corrected chi connectivity index (χ4v) is 4.67. The predicted molar refractivity (Wildman–Crippen MR) is 85.8 cm³/mol. The Kier molecular flexibility index (Phi) is 4.22. The van der Waals surface area contributed by atoms with Crippen molar-refractivity contribution >= 4 is 23.7 Å². The molecule has 2 aliphatic heterocycles. The van der Waals surface area contributed by atoms with Gasteiger partial charge in [-0.25, -0.2) is 14.4 Å². The first-order valence-corrected chi connectivity index (χ1v) is 8.61. The summed E-state index contributed by atoms with van der Waals surface area (Å²) in [6.45, 7) is 3.24. The largest absolute Gasteiger partial charge is 0.466 e. The second kappa shape index (κ2) is 5.90. The molecule has 8 heteroatoms. The third kappa shape index (κ3) is 1.88. The lowest BCUT2D eigenvalue weighted by molar-refractivity contribution is -0.173. The highest BCUT2D eigenvalue weighted by Gasteiger charge is 2.82. The van der Waals surface area contributed by atoms with Crippen molar-refractivity contribution in [3.8, 4) is 0 Å². The number of hydrogen-bond acceptors (Lipinski definition) is 8. The van der Waals surface area contributed by atoms with Gasteiger partial charge < -0.3 is 18.9 Å². The van der Waals surface area contributed by atoms with E-state index in [9.17, 15) is 19.2 Å². The molecular weight excluding hydrogens is 344 g/mol. The number of carbonyl (C=O) groups excluding carboxylic acids is 4. The fraction of sp³-hybridized carbons (Fsp3) is 0.667. The van der Waals surface area contributed by atoms with Gasteiger partial charge in [-0.05, 0) is 26.7 Å². The number of ether oxygens (including phenoxy) is 4. The maximum absolute atomic E-state index is 13.4. The number of carbonyl (C=O) groups is 4. The zero-order chi connectivity index (χ0) is 19.3. The monoisotopic (exact) mass is 366 g/mol. The highest BCUT2D eigenvalue weighted by Crippen LogP contribution is 2.66. The molecule has 0 aromatic carbocycles. The lowest BCUT2D eigenvalue weighted by Crippen LogP contribution is -2.57. The zero-order valence-electron chi connectivity index (χ0n) is 15.3. The van der Waals surface area contributed by atoms with Crippen LogP contribution < -0.4 is 0 Å². The summed E-state index contributed by atoms with van der Waals surface area (Å²) in [5, 5.41) is 0. The maximum Gasteiger partial charge on any atom is 0.351 e. The molecule has 3 aliphatic rings. The molecule has 1 saturated heterocycles. The molecule has 0 aromatic heterocycles. The van der Waals surface area contributed by atoms with Gasteiger partial charge in [0.1, 0.15) is 11.2 Å². The molecule has 3 atom stereocenters. The summed E-state index contributed by atoms with van der Waals surface area (Å²) in [4.78, 5) is 51.4. The number of methoxy groups -OCH3 is 2. The standard InChI is InChI=1S/C18H22O8/c1-5-25-15(22)18-11(13(20)24-4)10(12(19)23-3)17(26-18)9-7-6-8-16(17,2)14(18)21/h5-9H2,1-4H3/t16-,17+,18-/m1/s1. The Morgan fingerprint density at radius 2 is 1.62 bits per heavy atom. The van der Waals surface area contributed by atoms with Crippen LogP contribution in [0.1, 0.15) is 39.5 Å². The van der Waals surface area contributed by atoms with E-state index >= 15 is 0 Å². The molecule has 2 bridgehead atoms. The summed E-state index contributed by atoms with van der Waals surface area (Å²) in [6, 6.07) is 0. The van der Waals surface area contributed by atoms with Crippen molar-refractivity contribution in [1.82, 2.24) is 0 Å².